The largest absolute Gasteiger partial charge is 0.430 e. The summed E-state index contributed by atoms with van der Waals surface area (Å²) in [4.78, 5) is 18.1. The average Bonchev–Trinajstić information content (AvgIpc) is 2.45. The van der Waals surface area contributed by atoms with Crippen molar-refractivity contribution in [3.63, 3.8) is 0 Å². The molecule has 0 saturated carbocycles. The molecule has 1 aromatic heterocycles. The van der Waals surface area contributed by atoms with Gasteiger partial charge in [-0.1, -0.05) is 0 Å². The third-order valence-corrected chi connectivity index (χ3v) is 3.14. The first-order valence-corrected chi connectivity index (χ1v) is 6.68. The van der Waals surface area contributed by atoms with Gasteiger partial charge in [0.1, 0.15) is 22.4 Å². The minimum atomic E-state index is -0.723. The highest BCUT2D eigenvalue weighted by Gasteiger charge is 2.19. The second-order valence-electron chi connectivity index (χ2n) is 3.84. The highest BCUT2D eigenvalue weighted by atomic mass is 79.9. The van der Waals surface area contributed by atoms with Crippen LogP contribution in [-0.2, 0) is 0 Å². The topological polar surface area (TPSA) is 90.2 Å². The third-order valence-electron chi connectivity index (χ3n) is 2.43. The summed E-state index contributed by atoms with van der Waals surface area (Å²) in [6.07, 6.45) is 1.26. The molecule has 1 N–H and O–H groups in total. The van der Waals surface area contributed by atoms with Crippen molar-refractivity contribution in [2.75, 3.05) is 11.9 Å². The molecule has 0 spiro atoms. The predicted molar refractivity (Wildman–Crippen MR) is 77.0 cm³/mol. The molecule has 21 heavy (non-hydrogen) atoms. The van der Waals surface area contributed by atoms with Gasteiger partial charge in [0.05, 0.1) is 11.0 Å². The molecule has 110 valence electrons. The van der Waals surface area contributed by atoms with Crippen LogP contribution >= 0.6 is 15.9 Å². The number of hydrogen-bond donors (Lipinski definition) is 1. The van der Waals surface area contributed by atoms with Gasteiger partial charge in [-0.2, -0.15) is 0 Å². The highest BCUT2D eigenvalue weighted by molar-refractivity contribution is 9.10. The summed E-state index contributed by atoms with van der Waals surface area (Å²) in [5.74, 6) is -0.240. The number of nitro benzene ring substituents is 1. The zero-order valence-corrected chi connectivity index (χ0v) is 12.4. The van der Waals surface area contributed by atoms with Gasteiger partial charge in [-0.15, -0.1) is 0 Å². The van der Waals surface area contributed by atoms with Crippen molar-refractivity contribution in [1.29, 1.82) is 0 Å². The van der Waals surface area contributed by atoms with Crippen LogP contribution in [0.1, 0.15) is 6.92 Å². The van der Waals surface area contributed by atoms with E-state index in [4.69, 9.17) is 4.74 Å². The maximum absolute atomic E-state index is 13.1. The molecule has 0 aliphatic rings. The molecule has 0 unspecified atom stereocenters. The smallest absolute Gasteiger partial charge is 0.314 e. The van der Waals surface area contributed by atoms with Crippen LogP contribution in [0.2, 0.25) is 0 Å². The van der Waals surface area contributed by atoms with E-state index in [0.717, 1.165) is 12.1 Å². The van der Waals surface area contributed by atoms with Crippen molar-refractivity contribution in [2.24, 2.45) is 0 Å². The average molecular weight is 357 g/mol. The van der Waals surface area contributed by atoms with Crippen molar-refractivity contribution in [3.05, 3.63) is 44.9 Å². The molecule has 1 aromatic carbocycles. The van der Waals surface area contributed by atoms with E-state index in [2.05, 4.69) is 31.2 Å². The lowest BCUT2D eigenvalue weighted by Crippen LogP contribution is -2.02. The lowest BCUT2D eigenvalue weighted by molar-refractivity contribution is -0.385. The number of hydrogen-bond acceptors (Lipinski definition) is 6. The minimum Gasteiger partial charge on any atom is -0.430 e. The van der Waals surface area contributed by atoms with Gasteiger partial charge in [0.25, 0.3) is 0 Å². The summed E-state index contributed by atoms with van der Waals surface area (Å²) in [7, 11) is 0. The normalized spacial score (nSPS) is 10.2. The lowest BCUT2D eigenvalue weighted by atomic mass is 10.3. The highest BCUT2D eigenvalue weighted by Crippen LogP contribution is 2.36. The second kappa shape index (κ2) is 6.44. The van der Waals surface area contributed by atoms with Crippen LogP contribution in [0.3, 0.4) is 0 Å². The Labute approximate surface area is 127 Å². The summed E-state index contributed by atoms with van der Waals surface area (Å²) in [6.45, 7) is 2.52. The van der Waals surface area contributed by atoms with Crippen molar-refractivity contribution in [1.82, 2.24) is 9.97 Å². The zero-order valence-electron chi connectivity index (χ0n) is 10.8. The van der Waals surface area contributed by atoms with E-state index < -0.39 is 16.4 Å². The molecule has 0 saturated heterocycles. The van der Waals surface area contributed by atoms with Crippen LogP contribution < -0.4 is 10.1 Å². The van der Waals surface area contributed by atoms with Gasteiger partial charge in [0.15, 0.2) is 0 Å². The maximum atomic E-state index is 13.1. The SMILES string of the molecule is CCNc1ncnc(Oc2ccc(F)cc2[N+](=O)[O-])c1Br. The van der Waals surface area contributed by atoms with E-state index in [0.29, 0.717) is 16.8 Å². The van der Waals surface area contributed by atoms with Crippen molar-refractivity contribution in [2.45, 2.75) is 6.92 Å². The molecule has 0 fully saturated rings. The Morgan fingerprint density at radius 3 is 2.90 bits per heavy atom. The molecule has 0 atom stereocenters. The third kappa shape index (κ3) is 3.43. The Hall–Kier alpha value is -2.29. The van der Waals surface area contributed by atoms with Crippen LogP contribution in [0, 0.1) is 15.9 Å². The summed E-state index contributed by atoms with van der Waals surface area (Å²) in [6, 6.07) is 3.03. The Balaban J connectivity index is 2.39. The molecular formula is C12H10BrFN4O3. The monoisotopic (exact) mass is 356 g/mol. The van der Waals surface area contributed by atoms with Crippen molar-refractivity contribution < 1.29 is 14.1 Å². The molecule has 2 aromatic rings. The quantitative estimate of drug-likeness (QED) is 0.651. The molecule has 0 aliphatic heterocycles. The standard InChI is InChI=1S/C12H10BrFN4O3/c1-2-15-11-10(13)12(17-6-16-11)21-9-4-3-7(14)5-8(9)18(19)20/h3-6H,2H2,1H3,(H,15,16,17). The van der Waals surface area contributed by atoms with Crippen LogP contribution in [0.15, 0.2) is 29.0 Å². The lowest BCUT2D eigenvalue weighted by Gasteiger charge is -2.10. The van der Waals surface area contributed by atoms with E-state index in [1.165, 1.54) is 12.4 Å². The Morgan fingerprint density at radius 2 is 2.24 bits per heavy atom. The number of nitrogens with zero attached hydrogens (tertiary/aromatic N) is 3. The van der Waals surface area contributed by atoms with E-state index in [9.17, 15) is 14.5 Å². The molecule has 0 amide bonds. The van der Waals surface area contributed by atoms with Gasteiger partial charge in [-0.05, 0) is 35.0 Å². The summed E-state index contributed by atoms with van der Waals surface area (Å²) >= 11 is 3.26. The first kappa shape index (κ1) is 15.1. The summed E-state index contributed by atoms with van der Waals surface area (Å²) < 4.78 is 18.9. The van der Waals surface area contributed by atoms with Gasteiger partial charge in [0.2, 0.25) is 11.6 Å². The van der Waals surface area contributed by atoms with Gasteiger partial charge in [-0.3, -0.25) is 10.1 Å². The predicted octanol–water partition coefficient (Wildman–Crippen LogP) is 3.51. The number of nitrogens with one attached hydrogen (secondary N) is 1. The van der Waals surface area contributed by atoms with Crippen LogP contribution in [0.4, 0.5) is 15.9 Å². The molecule has 0 aliphatic carbocycles. The van der Waals surface area contributed by atoms with E-state index in [1.54, 1.807) is 0 Å². The zero-order chi connectivity index (χ0) is 15.4. The molecule has 7 nitrogen and oxygen atoms in total. The number of halogens is 2. The molecule has 0 radical (unpaired) electrons. The van der Waals surface area contributed by atoms with Gasteiger partial charge >= 0.3 is 5.69 Å². The van der Waals surface area contributed by atoms with Crippen LogP contribution in [0.5, 0.6) is 11.6 Å². The van der Waals surface area contributed by atoms with E-state index in [-0.39, 0.29) is 11.6 Å². The number of aromatic nitrogens is 2. The van der Waals surface area contributed by atoms with Crippen LogP contribution in [0.25, 0.3) is 0 Å². The number of anilines is 1. The number of benzene rings is 1. The Morgan fingerprint density at radius 1 is 1.48 bits per heavy atom. The fraction of sp³-hybridized carbons (Fsp3) is 0.167. The Kier molecular flexibility index (Phi) is 4.63. The first-order valence-electron chi connectivity index (χ1n) is 5.89. The fourth-order valence-electron chi connectivity index (χ4n) is 1.54. The molecule has 9 heteroatoms. The molecule has 1 heterocycles. The maximum Gasteiger partial charge on any atom is 0.314 e. The number of ether oxygens (including phenoxy) is 1. The minimum absolute atomic E-state index is 0.0932. The molecule has 2 rings (SSSR count). The van der Waals surface area contributed by atoms with Crippen molar-refractivity contribution in [3.8, 4) is 11.6 Å². The first-order chi connectivity index (χ1) is 10.0. The second-order valence-corrected chi connectivity index (χ2v) is 4.64. The number of rotatable bonds is 5. The molecular weight excluding hydrogens is 347 g/mol. The van der Waals surface area contributed by atoms with Gasteiger partial charge in [0, 0.05) is 6.54 Å². The van der Waals surface area contributed by atoms with E-state index in [1.807, 2.05) is 6.92 Å². The number of nitro groups is 1. The van der Waals surface area contributed by atoms with E-state index >= 15 is 0 Å². The van der Waals surface area contributed by atoms with Gasteiger partial charge in [-0.25, -0.2) is 14.4 Å². The van der Waals surface area contributed by atoms with Gasteiger partial charge < -0.3 is 10.1 Å². The Bertz CT molecular complexity index is 684. The summed E-state index contributed by atoms with van der Waals surface area (Å²) in [5, 5.41) is 13.9. The molecule has 0 bridgehead atoms. The fourth-order valence-corrected chi connectivity index (χ4v) is 1.97. The van der Waals surface area contributed by atoms with Crippen LogP contribution in [-0.4, -0.2) is 21.4 Å². The van der Waals surface area contributed by atoms with Crippen molar-refractivity contribution >= 4 is 27.4 Å². The summed E-state index contributed by atoms with van der Waals surface area (Å²) in [5.41, 5.74) is -0.481.